The Morgan fingerprint density at radius 3 is 2.76 bits per heavy atom. The lowest BCUT2D eigenvalue weighted by Gasteiger charge is -2.30. The predicted molar refractivity (Wildman–Crippen MR) is 189 cm³/mol. The third-order valence-corrected chi connectivity index (χ3v) is 13.5. The van der Waals surface area contributed by atoms with Crippen molar-refractivity contribution in [3.8, 4) is 5.19 Å². The second-order valence-corrected chi connectivity index (χ2v) is 17.6. The standard InChI is InChI=1S/C35H39ClFN5O6S2/c1-34(14-15-34)50(46,47)41-32(45)35-19-21(35)8-5-3-2-4-6-11-27(38-24-10-7-9-23(37)17-24)31(44)42-20-25(18-28(42)30(43)40-35)48-33-39-26-13-12-22(36)16-29(26)49-33/h5,7-10,12-13,16-17,21,25,27-28,38H,2-4,6,11,14-15,18-20H2,1H3,(H,40,43)(H,41,45)/t21-,25-,27+,28+,35-/m1/s1. The van der Waals surface area contributed by atoms with Crippen molar-refractivity contribution < 1.29 is 31.9 Å². The predicted octanol–water partition coefficient (Wildman–Crippen LogP) is 5.31. The molecule has 3 aromatic rings. The van der Waals surface area contributed by atoms with Crippen molar-refractivity contribution in [3.05, 3.63) is 65.5 Å². The Morgan fingerprint density at radius 2 is 1.98 bits per heavy atom. The average molecular weight is 744 g/mol. The van der Waals surface area contributed by atoms with Gasteiger partial charge in [0.25, 0.3) is 11.1 Å². The summed E-state index contributed by atoms with van der Waals surface area (Å²) < 4.78 is 48.6. The highest BCUT2D eigenvalue weighted by molar-refractivity contribution is 7.91. The van der Waals surface area contributed by atoms with E-state index in [2.05, 4.69) is 20.3 Å². The summed E-state index contributed by atoms with van der Waals surface area (Å²) in [5.74, 6) is -2.58. The summed E-state index contributed by atoms with van der Waals surface area (Å²) in [6.45, 7) is 1.65. The van der Waals surface area contributed by atoms with Gasteiger partial charge in [-0.2, -0.15) is 0 Å². The van der Waals surface area contributed by atoms with Crippen LogP contribution in [-0.2, 0) is 24.4 Å². The Bertz CT molecular complexity index is 1970. The Hall–Kier alpha value is -3.75. The molecule has 2 saturated carbocycles. The molecule has 2 aliphatic heterocycles. The molecule has 11 nitrogen and oxygen atoms in total. The molecule has 3 fully saturated rings. The van der Waals surface area contributed by atoms with Crippen molar-refractivity contribution in [2.75, 3.05) is 11.9 Å². The van der Waals surface area contributed by atoms with E-state index in [0.29, 0.717) is 47.1 Å². The number of amides is 3. The fraction of sp³-hybridized carbons (Fsp3) is 0.486. The molecule has 0 bridgehead atoms. The van der Waals surface area contributed by atoms with Gasteiger partial charge in [-0.25, -0.2) is 17.8 Å². The van der Waals surface area contributed by atoms with Crippen molar-refractivity contribution in [3.63, 3.8) is 0 Å². The van der Waals surface area contributed by atoms with E-state index in [1.807, 2.05) is 12.2 Å². The molecule has 3 N–H and O–H groups in total. The number of sulfonamides is 1. The zero-order valence-corrected chi connectivity index (χ0v) is 29.9. The van der Waals surface area contributed by atoms with Gasteiger partial charge in [-0.1, -0.05) is 54.0 Å². The summed E-state index contributed by atoms with van der Waals surface area (Å²) in [6.07, 6.45) is 7.98. The number of fused-ring (bicyclic) bond motifs is 3. The molecule has 50 heavy (non-hydrogen) atoms. The van der Waals surface area contributed by atoms with Crippen LogP contribution in [0.15, 0.2) is 54.6 Å². The summed E-state index contributed by atoms with van der Waals surface area (Å²) in [6, 6.07) is 9.38. The van der Waals surface area contributed by atoms with Crippen LogP contribution in [0.3, 0.4) is 0 Å². The first-order valence-corrected chi connectivity index (χ1v) is 19.6. The summed E-state index contributed by atoms with van der Waals surface area (Å²) in [5, 5.41) is 7.01. The van der Waals surface area contributed by atoms with Gasteiger partial charge >= 0.3 is 0 Å². The number of ether oxygens (including phenoxy) is 1. The third kappa shape index (κ3) is 7.06. The van der Waals surface area contributed by atoms with Gasteiger partial charge in [-0.05, 0) is 81.8 Å². The summed E-state index contributed by atoms with van der Waals surface area (Å²) >= 11 is 7.47. The van der Waals surface area contributed by atoms with Gasteiger partial charge in [0.2, 0.25) is 21.8 Å². The minimum Gasteiger partial charge on any atom is -0.465 e. The number of carbonyl (C=O) groups is 3. The molecule has 0 spiro atoms. The molecule has 4 aliphatic rings. The zero-order chi connectivity index (χ0) is 35.3. The van der Waals surface area contributed by atoms with Gasteiger partial charge in [-0.3, -0.25) is 19.1 Å². The minimum atomic E-state index is -3.96. The van der Waals surface area contributed by atoms with Gasteiger partial charge in [0.05, 0.1) is 21.5 Å². The van der Waals surface area contributed by atoms with Gasteiger partial charge < -0.3 is 20.3 Å². The van der Waals surface area contributed by atoms with Crippen molar-refractivity contribution in [1.82, 2.24) is 19.9 Å². The Kier molecular flexibility index (Phi) is 9.31. The van der Waals surface area contributed by atoms with Crippen molar-refractivity contribution >= 4 is 66.6 Å². The molecule has 15 heteroatoms. The number of thiazole rings is 1. The van der Waals surface area contributed by atoms with E-state index in [0.717, 1.165) is 24.0 Å². The number of carbonyl (C=O) groups excluding carboxylic acids is 3. The lowest BCUT2D eigenvalue weighted by Crippen LogP contribution is -2.58. The quantitative estimate of drug-likeness (QED) is 0.276. The lowest BCUT2D eigenvalue weighted by atomic mass is 10.0. The summed E-state index contributed by atoms with van der Waals surface area (Å²) in [7, 11) is -3.96. The normalized spacial score (nSPS) is 28.1. The highest BCUT2D eigenvalue weighted by Gasteiger charge is 2.63. The van der Waals surface area contributed by atoms with Crippen molar-refractivity contribution in [1.29, 1.82) is 0 Å². The van der Waals surface area contributed by atoms with Crippen LogP contribution in [0.2, 0.25) is 5.02 Å². The van der Waals surface area contributed by atoms with Crippen LogP contribution < -0.4 is 20.1 Å². The van der Waals surface area contributed by atoms with E-state index in [9.17, 15) is 27.2 Å². The number of rotatable bonds is 7. The van der Waals surface area contributed by atoms with E-state index in [1.165, 1.54) is 28.4 Å². The molecule has 266 valence electrons. The van der Waals surface area contributed by atoms with Crippen LogP contribution in [0, 0.1) is 11.7 Å². The highest BCUT2D eigenvalue weighted by atomic mass is 35.5. The first kappa shape index (κ1) is 34.7. The number of aromatic nitrogens is 1. The Morgan fingerprint density at radius 1 is 1.16 bits per heavy atom. The number of hydrogen-bond donors (Lipinski definition) is 3. The maximum Gasteiger partial charge on any atom is 0.274 e. The van der Waals surface area contributed by atoms with Crippen LogP contribution in [0.5, 0.6) is 5.19 Å². The molecule has 1 aromatic heterocycles. The molecule has 2 aromatic carbocycles. The number of anilines is 1. The number of nitrogens with one attached hydrogen (secondary N) is 3. The molecule has 3 amide bonds. The number of nitrogens with zero attached hydrogens (tertiary/aromatic N) is 2. The molecule has 5 atom stereocenters. The Balaban J connectivity index is 1.19. The van der Waals surface area contributed by atoms with Crippen LogP contribution in [0.4, 0.5) is 10.1 Å². The first-order chi connectivity index (χ1) is 23.9. The van der Waals surface area contributed by atoms with E-state index in [1.54, 1.807) is 37.3 Å². The Labute approximate surface area is 299 Å². The molecular formula is C35H39ClFN5O6S2. The minimum absolute atomic E-state index is 0.0597. The largest absolute Gasteiger partial charge is 0.465 e. The second kappa shape index (κ2) is 13.4. The van der Waals surface area contributed by atoms with E-state index in [-0.39, 0.29) is 25.3 Å². The summed E-state index contributed by atoms with van der Waals surface area (Å²) in [4.78, 5) is 48.5. The van der Waals surface area contributed by atoms with Crippen molar-refractivity contribution in [2.24, 2.45) is 5.92 Å². The van der Waals surface area contributed by atoms with E-state index >= 15 is 0 Å². The van der Waals surface area contributed by atoms with Crippen molar-refractivity contribution in [2.45, 2.75) is 93.2 Å². The van der Waals surface area contributed by atoms with Gasteiger partial charge in [0.15, 0.2) is 0 Å². The topological polar surface area (TPSA) is 147 Å². The monoisotopic (exact) mass is 743 g/mol. The third-order valence-electron chi connectivity index (χ3n) is 10.2. The number of allylic oxidation sites excluding steroid dienone is 1. The van der Waals surface area contributed by atoms with Crippen LogP contribution >= 0.6 is 22.9 Å². The second-order valence-electron chi connectivity index (χ2n) is 14.0. The van der Waals surface area contributed by atoms with Crippen LogP contribution in [-0.4, -0.2) is 71.0 Å². The highest BCUT2D eigenvalue weighted by Crippen LogP contribution is 2.47. The first-order valence-electron chi connectivity index (χ1n) is 17.0. The van der Waals surface area contributed by atoms with Gasteiger partial charge in [0, 0.05) is 23.0 Å². The summed E-state index contributed by atoms with van der Waals surface area (Å²) in [5.41, 5.74) is -0.343. The van der Waals surface area contributed by atoms with E-state index in [4.69, 9.17) is 16.3 Å². The number of benzene rings is 2. The van der Waals surface area contributed by atoms with Gasteiger partial charge in [-0.15, -0.1) is 0 Å². The number of halogens is 2. The SMILES string of the molecule is CC1(S(=O)(=O)NC(=O)[C@@]23C[C@H]2C=CCCCCC[C@H](Nc2cccc(F)c2)C(=O)N2C[C@H](Oc4nc5ccc(Cl)cc5s4)C[C@H]2C(=O)N3)CC1. The maximum absolute atomic E-state index is 14.4. The lowest BCUT2D eigenvalue weighted by molar-refractivity contribution is -0.140. The fourth-order valence-electron chi connectivity index (χ4n) is 6.80. The molecule has 1 saturated heterocycles. The smallest absolute Gasteiger partial charge is 0.274 e. The van der Waals surface area contributed by atoms with Gasteiger partial charge in [0.1, 0.15) is 29.5 Å². The fourth-order valence-corrected chi connectivity index (χ4v) is 9.27. The average Bonchev–Trinajstić information content (AvgIpc) is 3.88. The number of hydrogen-bond acceptors (Lipinski definition) is 9. The molecule has 0 unspecified atom stereocenters. The molecule has 2 aliphatic carbocycles. The molecule has 0 radical (unpaired) electrons. The molecule has 7 rings (SSSR count). The molecular weight excluding hydrogens is 705 g/mol. The van der Waals surface area contributed by atoms with E-state index < -0.39 is 62.0 Å². The zero-order valence-electron chi connectivity index (χ0n) is 27.5. The van der Waals surface area contributed by atoms with Crippen LogP contribution in [0.1, 0.15) is 64.7 Å². The maximum atomic E-state index is 14.4. The molecule has 3 heterocycles. The van der Waals surface area contributed by atoms with Crippen LogP contribution in [0.25, 0.3) is 10.2 Å².